The third kappa shape index (κ3) is 4.36. The van der Waals surface area contributed by atoms with Crippen molar-refractivity contribution in [1.29, 1.82) is 0 Å². The molecule has 1 aliphatic heterocycles. The molecule has 0 N–H and O–H groups in total. The summed E-state index contributed by atoms with van der Waals surface area (Å²) in [5, 5.41) is 0. The summed E-state index contributed by atoms with van der Waals surface area (Å²) in [4.78, 5) is 10.6. The van der Waals surface area contributed by atoms with Gasteiger partial charge in [-0.2, -0.15) is 0 Å². The van der Waals surface area contributed by atoms with E-state index in [1.807, 2.05) is 36.1 Å². The standard InChI is InChI=1S/C28H32N4O/c1-19-21(3)33-27(31(7)28(4,5)6)26(20(2)22-12-14-29-15-13-22)25(19)23-8-10-24(11-9-23)32-17-16-30-18-32/h8-18,25H,2H2,1,3-7H3. The van der Waals surface area contributed by atoms with Crippen LogP contribution < -0.4 is 0 Å². The van der Waals surface area contributed by atoms with E-state index in [2.05, 4.69) is 80.5 Å². The van der Waals surface area contributed by atoms with E-state index in [1.165, 1.54) is 11.1 Å². The Morgan fingerprint density at radius 1 is 1.00 bits per heavy atom. The van der Waals surface area contributed by atoms with Gasteiger partial charge in [0.05, 0.1) is 6.33 Å². The minimum atomic E-state index is -0.125. The average molecular weight is 441 g/mol. The molecule has 0 saturated heterocycles. The van der Waals surface area contributed by atoms with E-state index < -0.39 is 0 Å². The maximum Gasteiger partial charge on any atom is 0.200 e. The zero-order chi connectivity index (χ0) is 23.8. The highest BCUT2D eigenvalue weighted by atomic mass is 16.5. The Balaban J connectivity index is 1.88. The fourth-order valence-electron chi connectivity index (χ4n) is 4.06. The SMILES string of the molecule is C=C(C1=C(N(C)C(C)(C)C)OC(C)=C(C)C1c1ccc(-n2ccnc2)cc1)c1ccncc1. The Morgan fingerprint density at radius 3 is 2.24 bits per heavy atom. The predicted molar refractivity (Wildman–Crippen MR) is 134 cm³/mol. The van der Waals surface area contributed by atoms with Crippen molar-refractivity contribution in [2.75, 3.05) is 7.05 Å². The van der Waals surface area contributed by atoms with Crippen LogP contribution in [0.15, 0.2) is 96.9 Å². The Hall–Kier alpha value is -3.60. The Kier molecular flexibility index (Phi) is 5.98. The molecular formula is C28H32N4O. The number of hydrogen-bond acceptors (Lipinski definition) is 4. The molecule has 170 valence electrons. The van der Waals surface area contributed by atoms with Crippen LogP contribution in [0.5, 0.6) is 0 Å². The molecule has 3 heterocycles. The fourth-order valence-corrected chi connectivity index (χ4v) is 4.06. The number of pyridine rings is 1. The topological polar surface area (TPSA) is 43.2 Å². The quantitative estimate of drug-likeness (QED) is 0.465. The molecule has 3 aromatic rings. The molecule has 5 heteroatoms. The molecule has 0 radical (unpaired) electrons. The van der Waals surface area contributed by atoms with Gasteiger partial charge >= 0.3 is 0 Å². The van der Waals surface area contributed by atoms with Gasteiger partial charge in [-0.25, -0.2) is 4.98 Å². The average Bonchev–Trinajstić information content (AvgIpc) is 3.35. The molecule has 0 bridgehead atoms. The smallest absolute Gasteiger partial charge is 0.200 e. The molecule has 33 heavy (non-hydrogen) atoms. The van der Waals surface area contributed by atoms with Gasteiger partial charge in [-0.05, 0) is 81.2 Å². The van der Waals surface area contributed by atoms with Crippen LogP contribution in [0.2, 0.25) is 0 Å². The van der Waals surface area contributed by atoms with Crippen LogP contribution in [0.1, 0.15) is 51.7 Å². The summed E-state index contributed by atoms with van der Waals surface area (Å²) in [7, 11) is 2.09. The molecule has 0 saturated carbocycles. The van der Waals surface area contributed by atoms with E-state index in [9.17, 15) is 0 Å². The molecule has 0 spiro atoms. The molecule has 1 aliphatic rings. The van der Waals surface area contributed by atoms with Gasteiger partial charge in [0.25, 0.3) is 0 Å². The first-order valence-corrected chi connectivity index (χ1v) is 11.2. The first-order valence-electron chi connectivity index (χ1n) is 11.2. The third-order valence-corrected chi connectivity index (χ3v) is 6.45. The number of allylic oxidation sites excluding steroid dienone is 4. The van der Waals surface area contributed by atoms with Crippen LogP contribution >= 0.6 is 0 Å². The highest BCUT2D eigenvalue weighted by molar-refractivity contribution is 5.81. The number of ether oxygens (including phenoxy) is 1. The first kappa shape index (κ1) is 22.6. The van der Waals surface area contributed by atoms with Gasteiger partial charge in [-0.1, -0.05) is 18.7 Å². The van der Waals surface area contributed by atoms with Crippen molar-refractivity contribution < 1.29 is 4.74 Å². The van der Waals surface area contributed by atoms with Crippen LogP contribution in [0.4, 0.5) is 0 Å². The molecule has 0 fully saturated rings. The third-order valence-electron chi connectivity index (χ3n) is 6.45. The number of rotatable bonds is 5. The van der Waals surface area contributed by atoms with E-state index >= 15 is 0 Å². The van der Waals surface area contributed by atoms with E-state index in [1.54, 1.807) is 18.6 Å². The van der Waals surface area contributed by atoms with Crippen molar-refractivity contribution >= 4 is 5.57 Å². The van der Waals surface area contributed by atoms with Crippen LogP contribution in [0, 0.1) is 0 Å². The minimum Gasteiger partial charge on any atom is -0.446 e. The van der Waals surface area contributed by atoms with Crippen molar-refractivity contribution in [1.82, 2.24) is 19.4 Å². The molecule has 1 unspecified atom stereocenters. The summed E-state index contributed by atoms with van der Waals surface area (Å²) < 4.78 is 8.48. The van der Waals surface area contributed by atoms with Gasteiger partial charge < -0.3 is 14.2 Å². The second-order valence-electron chi connectivity index (χ2n) is 9.50. The predicted octanol–water partition coefficient (Wildman–Crippen LogP) is 6.33. The van der Waals surface area contributed by atoms with Crippen LogP contribution in [0.3, 0.4) is 0 Å². The van der Waals surface area contributed by atoms with Crippen molar-refractivity contribution in [3.8, 4) is 5.69 Å². The number of benzene rings is 1. The molecule has 1 aromatic carbocycles. The lowest BCUT2D eigenvalue weighted by Crippen LogP contribution is -2.40. The summed E-state index contributed by atoms with van der Waals surface area (Å²) in [6, 6.07) is 12.7. The van der Waals surface area contributed by atoms with E-state index in [0.717, 1.165) is 34.0 Å². The summed E-state index contributed by atoms with van der Waals surface area (Å²) >= 11 is 0. The van der Waals surface area contributed by atoms with Crippen molar-refractivity contribution in [2.24, 2.45) is 0 Å². The number of hydrogen-bond donors (Lipinski definition) is 0. The second-order valence-corrected chi connectivity index (χ2v) is 9.50. The largest absolute Gasteiger partial charge is 0.446 e. The summed E-state index contributed by atoms with van der Waals surface area (Å²) in [5.74, 6) is 1.79. The Labute approximate surface area is 196 Å². The molecule has 0 aliphatic carbocycles. The van der Waals surface area contributed by atoms with Gasteiger partial charge in [-0.3, -0.25) is 4.98 Å². The van der Waals surface area contributed by atoms with Crippen molar-refractivity contribution in [2.45, 2.75) is 46.1 Å². The fraction of sp³-hybridized carbons (Fsp3) is 0.286. The van der Waals surface area contributed by atoms with E-state index in [-0.39, 0.29) is 11.5 Å². The second kappa shape index (κ2) is 8.74. The highest BCUT2D eigenvalue weighted by Gasteiger charge is 2.35. The zero-order valence-corrected chi connectivity index (χ0v) is 20.3. The Bertz CT molecular complexity index is 1200. The van der Waals surface area contributed by atoms with E-state index in [4.69, 9.17) is 4.74 Å². The summed E-state index contributed by atoms with van der Waals surface area (Å²) in [6.07, 6.45) is 9.16. The maximum absolute atomic E-state index is 6.47. The molecular weight excluding hydrogens is 408 g/mol. The van der Waals surface area contributed by atoms with Gasteiger partial charge in [0, 0.05) is 54.6 Å². The number of aromatic nitrogens is 3. The molecule has 5 nitrogen and oxygen atoms in total. The minimum absolute atomic E-state index is 0.0241. The van der Waals surface area contributed by atoms with Gasteiger partial charge in [0.15, 0.2) is 5.88 Å². The first-order chi connectivity index (χ1) is 15.7. The monoisotopic (exact) mass is 440 g/mol. The molecule has 2 aromatic heterocycles. The normalized spacial score (nSPS) is 16.6. The zero-order valence-electron chi connectivity index (χ0n) is 20.3. The van der Waals surface area contributed by atoms with Crippen molar-refractivity contribution in [3.05, 3.63) is 108 Å². The van der Waals surface area contributed by atoms with Crippen LogP contribution in [-0.4, -0.2) is 32.0 Å². The van der Waals surface area contributed by atoms with Gasteiger partial charge in [-0.15, -0.1) is 0 Å². The summed E-state index contributed by atoms with van der Waals surface area (Å²) in [5.41, 5.74) is 6.39. The maximum atomic E-state index is 6.47. The number of nitrogens with zero attached hydrogens (tertiary/aromatic N) is 4. The molecule has 1 atom stereocenters. The lowest BCUT2D eigenvalue weighted by atomic mass is 9.78. The lowest BCUT2D eigenvalue weighted by Gasteiger charge is -2.41. The Morgan fingerprint density at radius 2 is 1.67 bits per heavy atom. The lowest BCUT2D eigenvalue weighted by molar-refractivity contribution is 0.103. The van der Waals surface area contributed by atoms with Crippen LogP contribution in [0.25, 0.3) is 11.3 Å². The van der Waals surface area contributed by atoms with Crippen LogP contribution in [-0.2, 0) is 4.74 Å². The van der Waals surface area contributed by atoms with Crippen molar-refractivity contribution in [3.63, 3.8) is 0 Å². The highest BCUT2D eigenvalue weighted by Crippen LogP contribution is 2.47. The van der Waals surface area contributed by atoms with Gasteiger partial charge in [0.1, 0.15) is 5.76 Å². The van der Waals surface area contributed by atoms with E-state index in [0.29, 0.717) is 0 Å². The number of imidazole rings is 1. The molecule has 4 rings (SSSR count). The van der Waals surface area contributed by atoms with Gasteiger partial charge in [0.2, 0.25) is 0 Å². The summed E-state index contributed by atoms with van der Waals surface area (Å²) in [6.45, 7) is 15.3. The molecule has 0 amide bonds.